The first-order chi connectivity index (χ1) is 8.18. The topological polar surface area (TPSA) is 59.3 Å². The summed E-state index contributed by atoms with van der Waals surface area (Å²) in [5, 5.41) is 9.14. The van der Waals surface area contributed by atoms with Crippen molar-refractivity contribution in [2.24, 2.45) is 0 Å². The van der Waals surface area contributed by atoms with Crippen LogP contribution in [0.5, 0.6) is 0 Å². The lowest BCUT2D eigenvalue weighted by atomic mass is 10.2. The largest absolute Gasteiger partial charge is 0.478 e. The van der Waals surface area contributed by atoms with Crippen molar-refractivity contribution in [2.75, 3.05) is 0 Å². The van der Waals surface area contributed by atoms with Crippen molar-refractivity contribution >= 4 is 16.9 Å². The number of carboxylic acids is 1. The highest BCUT2D eigenvalue weighted by atomic mass is 16.4. The van der Waals surface area contributed by atoms with Crippen LogP contribution < -0.4 is 5.43 Å². The number of aromatic nitrogens is 1. The molecule has 0 bridgehead atoms. The van der Waals surface area contributed by atoms with Crippen molar-refractivity contribution in [3.8, 4) is 0 Å². The van der Waals surface area contributed by atoms with E-state index in [1.54, 1.807) is 24.4 Å². The van der Waals surface area contributed by atoms with Crippen molar-refractivity contribution in [1.29, 1.82) is 0 Å². The molecule has 4 nitrogen and oxygen atoms in total. The molecule has 2 aromatic rings. The maximum Gasteiger partial charge on any atom is 0.328 e. The van der Waals surface area contributed by atoms with Gasteiger partial charge in [0.1, 0.15) is 0 Å². The summed E-state index contributed by atoms with van der Waals surface area (Å²) in [5.41, 5.74) is 0.772. The second-order valence-electron chi connectivity index (χ2n) is 3.59. The summed E-state index contributed by atoms with van der Waals surface area (Å²) in [6.07, 6.45) is 4.29. The van der Waals surface area contributed by atoms with Gasteiger partial charge < -0.3 is 9.67 Å². The highest BCUT2D eigenvalue weighted by Crippen LogP contribution is 2.09. The van der Waals surface area contributed by atoms with Gasteiger partial charge in [-0.1, -0.05) is 18.2 Å². The van der Waals surface area contributed by atoms with E-state index >= 15 is 0 Å². The standard InChI is InChI=1S/C13H11NO3/c15-12-7-9-14(8-3-6-13(16)17)11-5-2-1-4-10(11)12/h1-7,9H,8H2,(H,16,17). The molecule has 1 heterocycles. The first kappa shape index (κ1) is 11.1. The van der Waals surface area contributed by atoms with Crippen molar-refractivity contribution in [2.45, 2.75) is 6.54 Å². The average Bonchev–Trinajstić information content (AvgIpc) is 2.32. The van der Waals surface area contributed by atoms with Crippen molar-refractivity contribution in [3.05, 3.63) is 58.9 Å². The minimum absolute atomic E-state index is 0.0286. The highest BCUT2D eigenvalue weighted by molar-refractivity contribution is 5.80. The van der Waals surface area contributed by atoms with Crippen LogP contribution in [0.3, 0.4) is 0 Å². The van der Waals surface area contributed by atoms with Gasteiger partial charge in [-0.3, -0.25) is 4.79 Å². The van der Waals surface area contributed by atoms with Gasteiger partial charge >= 0.3 is 5.97 Å². The van der Waals surface area contributed by atoms with E-state index < -0.39 is 5.97 Å². The molecular weight excluding hydrogens is 218 g/mol. The number of benzene rings is 1. The van der Waals surface area contributed by atoms with E-state index in [2.05, 4.69) is 0 Å². The predicted molar refractivity (Wildman–Crippen MR) is 65.0 cm³/mol. The summed E-state index contributed by atoms with van der Waals surface area (Å²) in [7, 11) is 0. The normalized spacial score (nSPS) is 11.1. The Morgan fingerprint density at radius 3 is 2.82 bits per heavy atom. The zero-order valence-corrected chi connectivity index (χ0v) is 9.04. The number of hydrogen-bond acceptors (Lipinski definition) is 2. The summed E-state index contributed by atoms with van der Waals surface area (Å²) < 4.78 is 1.83. The molecule has 2 rings (SSSR count). The van der Waals surface area contributed by atoms with E-state index in [9.17, 15) is 9.59 Å². The third kappa shape index (κ3) is 2.42. The Morgan fingerprint density at radius 2 is 2.06 bits per heavy atom. The molecule has 0 amide bonds. The highest BCUT2D eigenvalue weighted by Gasteiger charge is 2.00. The second kappa shape index (κ2) is 4.65. The Bertz CT molecular complexity index is 640. The van der Waals surface area contributed by atoms with Crippen LogP contribution in [0.15, 0.2) is 53.5 Å². The summed E-state index contributed by atoms with van der Waals surface area (Å²) in [4.78, 5) is 21.9. The number of nitrogens with zero attached hydrogens (tertiary/aromatic N) is 1. The molecule has 4 heteroatoms. The molecule has 0 saturated heterocycles. The number of fused-ring (bicyclic) bond motifs is 1. The van der Waals surface area contributed by atoms with E-state index in [1.165, 1.54) is 6.07 Å². The lowest BCUT2D eigenvalue weighted by Gasteiger charge is -2.07. The van der Waals surface area contributed by atoms with E-state index in [-0.39, 0.29) is 5.43 Å². The molecule has 0 spiro atoms. The first-order valence-electron chi connectivity index (χ1n) is 5.16. The van der Waals surface area contributed by atoms with Crippen LogP contribution in [0.2, 0.25) is 0 Å². The van der Waals surface area contributed by atoms with Gasteiger partial charge in [0.2, 0.25) is 0 Å². The minimum Gasteiger partial charge on any atom is -0.478 e. The average molecular weight is 229 g/mol. The lowest BCUT2D eigenvalue weighted by molar-refractivity contribution is -0.131. The van der Waals surface area contributed by atoms with Crippen LogP contribution in [0.25, 0.3) is 10.9 Å². The van der Waals surface area contributed by atoms with Gasteiger partial charge in [0.25, 0.3) is 0 Å². The Morgan fingerprint density at radius 1 is 1.29 bits per heavy atom. The molecule has 0 aliphatic rings. The van der Waals surface area contributed by atoms with Crippen LogP contribution in [0.4, 0.5) is 0 Å². The number of carboxylic acid groups (broad SMARTS) is 1. The fourth-order valence-corrected chi connectivity index (χ4v) is 1.69. The molecule has 0 atom stereocenters. The monoisotopic (exact) mass is 229 g/mol. The van der Waals surface area contributed by atoms with E-state index in [1.807, 2.05) is 16.7 Å². The Hall–Kier alpha value is -2.36. The van der Waals surface area contributed by atoms with Crippen molar-refractivity contribution in [3.63, 3.8) is 0 Å². The van der Waals surface area contributed by atoms with Crippen LogP contribution >= 0.6 is 0 Å². The Kier molecular flexibility index (Phi) is 3.05. The van der Waals surface area contributed by atoms with Crippen LogP contribution in [-0.2, 0) is 11.3 Å². The Balaban J connectivity index is 2.45. The molecule has 0 saturated carbocycles. The molecule has 1 N–H and O–H groups in total. The van der Waals surface area contributed by atoms with Gasteiger partial charge in [0.15, 0.2) is 5.43 Å². The quantitative estimate of drug-likeness (QED) is 0.814. The zero-order valence-electron chi connectivity index (χ0n) is 9.04. The molecule has 1 aromatic carbocycles. The third-order valence-corrected chi connectivity index (χ3v) is 2.45. The third-order valence-electron chi connectivity index (χ3n) is 2.45. The summed E-state index contributed by atoms with van der Waals surface area (Å²) in [5.74, 6) is -0.977. The number of pyridine rings is 1. The molecule has 17 heavy (non-hydrogen) atoms. The summed E-state index contributed by atoms with van der Waals surface area (Å²) >= 11 is 0. The van der Waals surface area contributed by atoms with Crippen LogP contribution in [0.1, 0.15) is 0 Å². The maximum absolute atomic E-state index is 11.6. The maximum atomic E-state index is 11.6. The van der Waals surface area contributed by atoms with Crippen molar-refractivity contribution < 1.29 is 9.90 Å². The molecule has 1 aromatic heterocycles. The fourth-order valence-electron chi connectivity index (χ4n) is 1.69. The lowest BCUT2D eigenvalue weighted by Crippen LogP contribution is -2.07. The fraction of sp³-hybridized carbons (Fsp3) is 0.0769. The van der Waals surface area contributed by atoms with Gasteiger partial charge in [-0.25, -0.2) is 4.79 Å². The molecular formula is C13H11NO3. The number of para-hydroxylation sites is 1. The number of carbonyl (C=O) groups is 1. The number of rotatable bonds is 3. The number of aliphatic carboxylic acids is 1. The second-order valence-corrected chi connectivity index (χ2v) is 3.59. The predicted octanol–water partition coefficient (Wildman–Crippen LogP) is 1.64. The van der Waals surface area contributed by atoms with E-state index in [0.29, 0.717) is 11.9 Å². The van der Waals surface area contributed by atoms with E-state index in [4.69, 9.17) is 5.11 Å². The smallest absolute Gasteiger partial charge is 0.328 e. The minimum atomic E-state index is -0.977. The molecule has 0 aliphatic heterocycles. The molecule has 0 radical (unpaired) electrons. The van der Waals surface area contributed by atoms with Gasteiger partial charge in [-0.15, -0.1) is 0 Å². The van der Waals surface area contributed by atoms with Crippen molar-refractivity contribution in [1.82, 2.24) is 4.57 Å². The molecule has 86 valence electrons. The Labute approximate surface area is 97.4 Å². The van der Waals surface area contributed by atoms with Gasteiger partial charge in [-0.2, -0.15) is 0 Å². The summed E-state index contributed by atoms with van der Waals surface area (Å²) in [6.45, 7) is 0.424. The molecule has 0 fully saturated rings. The first-order valence-corrected chi connectivity index (χ1v) is 5.16. The zero-order chi connectivity index (χ0) is 12.3. The number of hydrogen-bond donors (Lipinski definition) is 1. The van der Waals surface area contributed by atoms with E-state index in [0.717, 1.165) is 11.6 Å². The van der Waals surface area contributed by atoms with Gasteiger partial charge in [-0.05, 0) is 12.1 Å². The molecule has 0 aliphatic carbocycles. The molecule has 0 unspecified atom stereocenters. The van der Waals surface area contributed by atoms with Crippen LogP contribution in [-0.4, -0.2) is 15.6 Å². The van der Waals surface area contributed by atoms with Gasteiger partial charge in [0, 0.05) is 30.3 Å². The van der Waals surface area contributed by atoms with Gasteiger partial charge in [0.05, 0.1) is 5.52 Å². The number of allylic oxidation sites excluding steroid dienone is 1. The summed E-state index contributed by atoms with van der Waals surface area (Å²) in [6, 6.07) is 8.73. The van der Waals surface area contributed by atoms with Crippen LogP contribution in [0, 0.1) is 0 Å². The SMILES string of the molecule is O=C(O)C=CCn1ccc(=O)c2ccccc21.